The van der Waals surface area contributed by atoms with Crippen molar-refractivity contribution >= 4 is 11.9 Å². The summed E-state index contributed by atoms with van der Waals surface area (Å²) in [4.78, 5) is 26.2. The third kappa shape index (κ3) is 5.55. The van der Waals surface area contributed by atoms with Crippen LogP contribution in [0.5, 0.6) is 11.5 Å². The van der Waals surface area contributed by atoms with E-state index in [2.05, 4.69) is 13.5 Å². The molecule has 0 saturated heterocycles. The molecule has 0 heterocycles. The highest BCUT2D eigenvalue weighted by Gasteiger charge is 2.48. The van der Waals surface area contributed by atoms with Crippen LogP contribution in [0.15, 0.2) is 73.3 Å². The zero-order valence-corrected chi connectivity index (χ0v) is 15.7. The van der Waals surface area contributed by atoms with E-state index in [1.54, 1.807) is 54.6 Å². The molecule has 142 valence electrons. The van der Waals surface area contributed by atoms with E-state index in [1.807, 2.05) is 12.1 Å². The molecule has 0 aliphatic heterocycles. The van der Waals surface area contributed by atoms with E-state index in [1.165, 1.54) is 0 Å². The molecule has 0 bridgehead atoms. The first-order chi connectivity index (χ1) is 13.1. The number of hydrogen-bond donors (Lipinski definition) is 0. The van der Waals surface area contributed by atoms with E-state index < -0.39 is 17.4 Å². The fourth-order valence-corrected chi connectivity index (χ4v) is 2.87. The van der Waals surface area contributed by atoms with Gasteiger partial charge in [0.15, 0.2) is 5.41 Å². The number of allylic oxidation sites excluding steroid dienone is 1. The van der Waals surface area contributed by atoms with E-state index in [4.69, 9.17) is 9.47 Å². The quantitative estimate of drug-likeness (QED) is 0.187. The minimum Gasteiger partial charge on any atom is -0.426 e. The number of unbranched alkanes of at least 4 members (excludes halogenated alkanes) is 2. The smallest absolute Gasteiger partial charge is 0.329 e. The summed E-state index contributed by atoms with van der Waals surface area (Å²) in [6.07, 6.45) is 4.70. The second-order valence-corrected chi connectivity index (χ2v) is 6.44. The number of esters is 2. The van der Waals surface area contributed by atoms with Gasteiger partial charge in [0.25, 0.3) is 0 Å². The average molecular weight is 366 g/mol. The van der Waals surface area contributed by atoms with Gasteiger partial charge in [0.2, 0.25) is 0 Å². The van der Waals surface area contributed by atoms with E-state index in [0.29, 0.717) is 17.9 Å². The number of carbonyl (C=O) groups is 2. The monoisotopic (exact) mass is 366 g/mol. The van der Waals surface area contributed by atoms with Crippen molar-refractivity contribution in [1.82, 2.24) is 0 Å². The first-order valence-electron chi connectivity index (χ1n) is 9.28. The zero-order valence-electron chi connectivity index (χ0n) is 15.7. The first-order valence-corrected chi connectivity index (χ1v) is 9.28. The minimum absolute atomic E-state index is 0.161. The highest BCUT2D eigenvalue weighted by molar-refractivity contribution is 6.01. The Morgan fingerprint density at radius 1 is 0.889 bits per heavy atom. The molecule has 0 N–H and O–H groups in total. The lowest BCUT2D eigenvalue weighted by Crippen LogP contribution is -2.44. The fourth-order valence-electron chi connectivity index (χ4n) is 2.87. The highest BCUT2D eigenvalue weighted by atomic mass is 16.6. The van der Waals surface area contributed by atoms with Crippen molar-refractivity contribution < 1.29 is 19.1 Å². The summed E-state index contributed by atoms with van der Waals surface area (Å²) in [6, 6.07) is 17.5. The Balaban J connectivity index is 2.30. The van der Waals surface area contributed by atoms with Gasteiger partial charge in [-0.1, -0.05) is 68.7 Å². The van der Waals surface area contributed by atoms with Crippen molar-refractivity contribution in [1.29, 1.82) is 0 Å². The van der Waals surface area contributed by atoms with Crippen LogP contribution in [0.25, 0.3) is 0 Å². The molecule has 4 heteroatoms. The van der Waals surface area contributed by atoms with Crippen molar-refractivity contribution in [3.05, 3.63) is 73.3 Å². The fraction of sp³-hybridized carbons (Fsp3) is 0.304. The lowest BCUT2D eigenvalue weighted by molar-refractivity contribution is -0.161. The van der Waals surface area contributed by atoms with Crippen molar-refractivity contribution in [3.63, 3.8) is 0 Å². The molecular formula is C23H26O4. The number of carbonyl (C=O) groups excluding carboxylic acids is 2. The summed E-state index contributed by atoms with van der Waals surface area (Å²) in [5.41, 5.74) is -1.41. The summed E-state index contributed by atoms with van der Waals surface area (Å²) < 4.78 is 11.1. The summed E-state index contributed by atoms with van der Waals surface area (Å²) in [5, 5.41) is 0. The van der Waals surface area contributed by atoms with Crippen LogP contribution in [0.2, 0.25) is 0 Å². The lowest BCUT2D eigenvalue weighted by atomic mass is 9.79. The van der Waals surface area contributed by atoms with E-state index >= 15 is 0 Å². The molecule has 0 atom stereocenters. The summed E-state index contributed by atoms with van der Waals surface area (Å²) in [6.45, 7) is 5.81. The Morgan fingerprint density at radius 3 is 1.78 bits per heavy atom. The number of benzene rings is 2. The van der Waals surface area contributed by atoms with Crippen molar-refractivity contribution in [2.75, 3.05) is 0 Å². The molecule has 2 aromatic rings. The van der Waals surface area contributed by atoms with E-state index in [0.717, 1.165) is 19.3 Å². The molecule has 0 radical (unpaired) electrons. The molecule has 0 unspecified atom stereocenters. The maximum atomic E-state index is 13.1. The zero-order chi connectivity index (χ0) is 19.5. The van der Waals surface area contributed by atoms with Gasteiger partial charge in [-0.2, -0.15) is 0 Å². The van der Waals surface area contributed by atoms with Crippen LogP contribution in [-0.4, -0.2) is 11.9 Å². The number of para-hydroxylation sites is 2. The van der Waals surface area contributed by atoms with Crippen LogP contribution < -0.4 is 9.47 Å². The van der Waals surface area contributed by atoms with Gasteiger partial charge >= 0.3 is 11.9 Å². The number of ether oxygens (including phenoxy) is 2. The molecule has 0 fully saturated rings. The maximum Gasteiger partial charge on any atom is 0.329 e. The summed E-state index contributed by atoms with van der Waals surface area (Å²) in [7, 11) is 0. The molecular weight excluding hydrogens is 340 g/mol. The van der Waals surface area contributed by atoms with Crippen LogP contribution >= 0.6 is 0 Å². The van der Waals surface area contributed by atoms with E-state index in [9.17, 15) is 9.59 Å². The van der Waals surface area contributed by atoms with Gasteiger partial charge in [-0.25, -0.2) is 0 Å². The van der Waals surface area contributed by atoms with Gasteiger partial charge in [0, 0.05) is 0 Å². The Labute approximate surface area is 160 Å². The molecule has 0 aliphatic carbocycles. The normalized spacial score (nSPS) is 10.9. The van der Waals surface area contributed by atoms with Gasteiger partial charge in [0.05, 0.1) is 0 Å². The molecule has 0 amide bonds. The molecule has 27 heavy (non-hydrogen) atoms. The Morgan fingerprint density at radius 2 is 1.37 bits per heavy atom. The van der Waals surface area contributed by atoms with Gasteiger partial charge in [0.1, 0.15) is 11.5 Å². The van der Waals surface area contributed by atoms with Crippen LogP contribution in [0.4, 0.5) is 0 Å². The summed E-state index contributed by atoms with van der Waals surface area (Å²) >= 11 is 0. The Hall–Kier alpha value is -2.88. The number of rotatable bonds is 10. The Bertz CT molecular complexity index is 684. The first kappa shape index (κ1) is 20.4. The van der Waals surface area contributed by atoms with Crippen molar-refractivity contribution in [3.8, 4) is 11.5 Å². The van der Waals surface area contributed by atoms with E-state index in [-0.39, 0.29) is 6.42 Å². The predicted octanol–water partition coefficient (Wildman–Crippen LogP) is 5.34. The SMILES string of the molecule is C=CCC(CCCCC)(C(=O)Oc1ccccc1)C(=O)Oc1ccccc1. The lowest BCUT2D eigenvalue weighted by Gasteiger charge is -2.28. The van der Waals surface area contributed by atoms with Crippen LogP contribution in [-0.2, 0) is 9.59 Å². The van der Waals surface area contributed by atoms with Crippen LogP contribution in [0.1, 0.15) is 39.0 Å². The standard InChI is InChI=1S/C23H26O4/c1-3-5-12-18-23(17-4-2,21(24)26-19-13-8-6-9-14-19)22(25)27-20-15-10-7-11-16-20/h4,6-11,13-16H,2-3,5,12,17-18H2,1H3. The topological polar surface area (TPSA) is 52.6 Å². The number of hydrogen-bond acceptors (Lipinski definition) is 4. The summed E-state index contributed by atoms with van der Waals surface area (Å²) in [5.74, 6) is -0.408. The highest BCUT2D eigenvalue weighted by Crippen LogP contribution is 2.34. The Kier molecular flexibility index (Phi) is 7.80. The van der Waals surface area contributed by atoms with Gasteiger partial charge in [-0.05, 0) is 37.1 Å². The molecule has 0 spiro atoms. The molecule has 0 saturated carbocycles. The second-order valence-electron chi connectivity index (χ2n) is 6.44. The third-order valence-corrected chi connectivity index (χ3v) is 4.39. The van der Waals surface area contributed by atoms with Crippen LogP contribution in [0.3, 0.4) is 0 Å². The van der Waals surface area contributed by atoms with Gasteiger partial charge in [-0.3, -0.25) is 9.59 Å². The maximum absolute atomic E-state index is 13.1. The molecule has 0 aromatic heterocycles. The van der Waals surface area contributed by atoms with Crippen molar-refractivity contribution in [2.45, 2.75) is 39.0 Å². The van der Waals surface area contributed by atoms with Crippen LogP contribution in [0, 0.1) is 5.41 Å². The minimum atomic E-state index is -1.41. The largest absolute Gasteiger partial charge is 0.426 e. The molecule has 4 nitrogen and oxygen atoms in total. The van der Waals surface area contributed by atoms with Gasteiger partial charge in [-0.15, -0.1) is 6.58 Å². The van der Waals surface area contributed by atoms with Crippen molar-refractivity contribution in [2.24, 2.45) is 5.41 Å². The average Bonchev–Trinajstić information content (AvgIpc) is 2.69. The third-order valence-electron chi connectivity index (χ3n) is 4.39. The predicted molar refractivity (Wildman–Crippen MR) is 106 cm³/mol. The van der Waals surface area contributed by atoms with Gasteiger partial charge < -0.3 is 9.47 Å². The molecule has 2 aromatic carbocycles. The molecule has 0 aliphatic rings. The second kappa shape index (κ2) is 10.3. The molecule has 2 rings (SSSR count).